The molecule has 1 amide bonds. The number of carboxylic acid groups (broad SMARTS) is 1. The van der Waals surface area contributed by atoms with E-state index in [0.29, 0.717) is 17.9 Å². The Kier molecular flexibility index (Phi) is 9.40. The molecule has 2 aromatic carbocycles. The molecular weight excluding hydrogens is 466 g/mol. The summed E-state index contributed by atoms with van der Waals surface area (Å²) >= 11 is 12.0. The van der Waals surface area contributed by atoms with Gasteiger partial charge in [0.25, 0.3) is 0 Å². The first-order valence-corrected chi connectivity index (χ1v) is 10.9. The van der Waals surface area contributed by atoms with Crippen molar-refractivity contribution in [2.75, 3.05) is 5.32 Å². The Balaban J connectivity index is 2.17. The van der Waals surface area contributed by atoms with Crippen molar-refractivity contribution in [1.29, 1.82) is 0 Å². The minimum absolute atomic E-state index is 0.103. The van der Waals surface area contributed by atoms with E-state index in [1.165, 1.54) is 24.3 Å². The summed E-state index contributed by atoms with van der Waals surface area (Å²) in [5, 5.41) is 11.8. The van der Waals surface area contributed by atoms with E-state index in [1.807, 2.05) is 0 Å². The molecule has 0 aliphatic carbocycles. The van der Waals surface area contributed by atoms with Crippen LogP contribution in [-0.2, 0) is 16.0 Å². The van der Waals surface area contributed by atoms with Gasteiger partial charge >= 0.3 is 12.1 Å². The summed E-state index contributed by atoms with van der Waals surface area (Å²) < 4.78 is 40.5. The fourth-order valence-electron chi connectivity index (χ4n) is 3.34. The number of carbonyl (C=O) groups is 2. The summed E-state index contributed by atoms with van der Waals surface area (Å²) in [5.74, 6) is -5.08. The third-order valence-electron chi connectivity index (χ3n) is 5.17. The second-order valence-corrected chi connectivity index (χ2v) is 8.46. The van der Waals surface area contributed by atoms with E-state index in [4.69, 9.17) is 28.3 Å². The molecule has 4 nitrogen and oxygen atoms in total. The van der Waals surface area contributed by atoms with Crippen LogP contribution in [0, 0.1) is 5.92 Å². The van der Waals surface area contributed by atoms with Gasteiger partial charge in [0.1, 0.15) is 0 Å². The molecule has 0 aromatic heterocycles. The molecule has 2 N–H and O–H groups in total. The molecule has 0 unspecified atom stereocenters. The van der Waals surface area contributed by atoms with Crippen LogP contribution in [0.2, 0.25) is 10.0 Å². The number of carboxylic acids is 1. The number of alkyl halides is 3. The molecular formula is C23H24Cl2F3NO3. The smallest absolute Gasteiger partial charge is 0.392 e. The molecule has 32 heavy (non-hydrogen) atoms. The normalized spacial score (nSPS) is 13.4. The number of benzene rings is 2. The molecule has 0 bridgehead atoms. The molecule has 0 spiro atoms. The van der Waals surface area contributed by atoms with E-state index < -0.39 is 29.9 Å². The third-order valence-corrected chi connectivity index (χ3v) is 5.75. The first-order valence-electron chi connectivity index (χ1n) is 10.1. The van der Waals surface area contributed by atoms with Crippen molar-refractivity contribution in [2.24, 2.45) is 5.92 Å². The van der Waals surface area contributed by atoms with Crippen LogP contribution in [0.5, 0.6) is 0 Å². The number of unbranched alkanes of at least 4 members (excludes halogenated alkanes) is 2. The molecule has 0 heterocycles. The Morgan fingerprint density at radius 2 is 1.69 bits per heavy atom. The van der Waals surface area contributed by atoms with Gasteiger partial charge in [-0.25, -0.2) is 0 Å². The van der Waals surface area contributed by atoms with Crippen LogP contribution in [0.3, 0.4) is 0 Å². The molecule has 2 aromatic rings. The Labute approximate surface area is 194 Å². The predicted molar refractivity (Wildman–Crippen MR) is 119 cm³/mol. The number of aryl methyl sites for hydroxylation is 1. The maximum Gasteiger partial charge on any atom is 0.392 e. The standard InChI is InChI=1S/C23H24Cl2F3NO3/c1-14(23(26,27)28)21(16-8-10-17(24)11-9-16)22(32)29-19-13-15(7-12-18(19)25)5-3-2-4-6-20(30)31/h7-14,21H,2-6H2,1H3,(H,29,32)(H,30,31)/t14-,21+/m1/s1. The summed E-state index contributed by atoms with van der Waals surface area (Å²) in [6.07, 6.45) is -1.84. The van der Waals surface area contributed by atoms with E-state index in [-0.39, 0.29) is 22.7 Å². The first-order chi connectivity index (χ1) is 15.0. The van der Waals surface area contributed by atoms with E-state index in [2.05, 4.69) is 5.32 Å². The number of hydrogen-bond donors (Lipinski definition) is 2. The number of nitrogens with one attached hydrogen (secondary N) is 1. The lowest BCUT2D eigenvalue weighted by Crippen LogP contribution is -2.34. The van der Waals surface area contributed by atoms with Crippen molar-refractivity contribution in [3.05, 3.63) is 63.6 Å². The maximum atomic E-state index is 13.5. The van der Waals surface area contributed by atoms with Gasteiger partial charge in [0.2, 0.25) is 5.91 Å². The Morgan fingerprint density at radius 1 is 1.03 bits per heavy atom. The topological polar surface area (TPSA) is 66.4 Å². The SMILES string of the molecule is C[C@H]([C@H](C(=O)Nc1cc(CCCCCC(=O)O)ccc1Cl)c1ccc(Cl)cc1)C(F)(F)F. The van der Waals surface area contributed by atoms with E-state index in [1.54, 1.807) is 18.2 Å². The van der Waals surface area contributed by atoms with Crippen molar-refractivity contribution in [3.8, 4) is 0 Å². The molecule has 174 valence electrons. The third kappa shape index (κ3) is 7.71. The highest BCUT2D eigenvalue weighted by molar-refractivity contribution is 6.33. The minimum Gasteiger partial charge on any atom is -0.481 e. The molecule has 0 radical (unpaired) electrons. The van der Waals surface area contributed by atoms with Gasteiger partial charge in [0.15, 0.2) is 0 Å². The zero-order valence-corrected chi connectivity index (χ0v) is 18.9. The van der Waals surface area contributed by atoms with Gasteiger partial charge in [-0.3, -0.25) is 9.59 Å². The van der Waals surface area contributed by atoms with E-state index >= 15 is 0 Å². The van der Waals surface area contributed by atoms with Crippen LogP contribution in [0.15, 0.2) is 42.5 Å². The fraction of sp³-hybridized carbons (Fsp3) is 0.391. The molecule has 9 heteroatoms. The largest absolute Gasteiger partial charge is 0.481 e. The number of amides is 1. The highest BCUT2D eigenvalue weighted by Crippen LogP contribution is 2.39. The predicted octanol–water partition coefficient (Wildman–Crippen LogP) is 7.10. The highest BCUT2D eigenvalue weighted by atomic mass is 35.5. The summed E-state index contributed by atoms with van der Waals surface area (Å²) in [7, 11) is 0. The molecule has 0 saturated carbocycles. The van der Waals surface area contributed by atoms with Crippen LogP contribution in [-0.4, -0.2) is 23.2 Å². The lowest BCUT2D eigenvalue weighted by molar-refractivity contribution is -0.178. The molecule has 2 atom stereocenters. The van der Waals surface area contributed by atoms with Crippen molar-refractivity contribution in [3.63, 3.8) is 0 Å². The summed E-state index contributed by atoms with van der Waals surface area (Å²) in [4.78, 5) is 23.5. The molecule has 0 aliphatic heterocycles. The van der Waals surface area contributed by atoms with Crippen molar-refractivity contribution in [1.82, 2.24) is 0 Å². The van der Waals surface area contributed by atoms with Crippen molar-refractivity contribution in [2.45, 2.75) is 51.1 Å². The van der Waals surface area contributed by atoms with Gasteiger partial charge in [-0.1, -0.05) is 54.7 Å². The highest BCUT2D eigenvalue weighted by Gasteiger charge is 2.45. The van der Waals surface area contributed by atoms with Gasteiger partial charge in [-0.15, -0.1) is 0 Å². The second-order valence-electron chi connectivity index (χ2n) is 7.62. The number of aliphatic carboxylic acids is 1. The molecule has 0 saturated heterocycles. The Bertz CT molecular complexity index is 933. The van der Waals surface area contributed by atoms with Crippen molar-refractivity contribution >= 4 is 40.8 Å². The first kappa shape index (κ1) is 26.0. The average Bonchev–Trinajstić information content (AvgIpc) is 2.70. The average molecular weight is 490 g/mol. The number of rotatable bonds is 10. The van der Waals surface area contributed by atoms with Crippen molar-refractivity contribution < 1.29 is 27.9 Å². The second kappa shape index (κ2) is 11.6. The van der Waals surface area contributed by atoms with Gasteiger partial charge in [-0.05, 0) is 54.7 Å². The summed E-state index contributed by atoms with van der Waals surface area (Å²) in [6, 6.07) is 10.7. The van der Waals surface area contributed by atoms with Crippen LogP contribution >= 0.6 is 23.2 Å². The number of hydrogen-bond acceptors (Lipinski definition) is 2. The Morgan fingerprint density at radius 3 is 2.28 bits per heavy atom. The van der Waals surface area contributed by atoms with Crippen LogP contribution in [0.1, 0.15) is 49.7 Å². The monoisotopic (exact) mass is 489 g/mol. The van der Waals surface area contributed by atoms with Crippen LogP contribution in [0.25, 0.3) is 0 Å². The maximum absolute atomic E-state index is 13.5. The zero-order valence-electron chi connectivity index (χ0n) is 17.4. The Hall–Kier alpha value is -2.25. The molecule has 0 fully saturated rings. The zero-order chi connectivity index (χ0) is 23.9. The fourth-order valence-corrected chi connectivity index (χ4v) is 3.63. The number of halogens is 5. The number of carbonyl (C=O) groups excluding carboxylic acids is 1. The van der Waals surface area contributed by atoms with Crippen LogP contribution < -0.4 is 5.32 Å². The number of anilines is 1. The van der Waals surface area contributed by atoms with Gasteiger partial charge in [-0.2, -0.15) is 13.2 Å². The van der Waals surface area contributed by atoms with Gasteiger partial charge in [0.05, 0.1) is 22.5 Å². The van der Waals surface area contributed by atoms with E-state index in [0.717, 1.165) is 25.3 Å². The van der Waals surface area contributed by atoms with Gasteiger partial charge < -0.3 is 10.4 Å². The van der Waals surface area contributed by atoms with Crippen LogP contribution in [0.4, 0.5) is 18.9 Å². The van der Waals surface area contributed by atoms with Gasteiger partial charge in [0, 0.05) is 11.4 Å². The minimum atomic E-state index is -4.58. The summed E-state index contributed by atoms with van der Waals surface area (Å²) in [5.41, 5.74) is 1.27. The molecule has 2 rings (SSSR count). The van der Waals surface area contributed by atoms with E-state index in [9.17, 15) is 22.8 Å². The molecule has 0 aliphatic rings. The lowest BCUT2D eigenvalue weighted by atomic mass is 9.86. The summed E-state index contributed by atoms with van der Waals surface area (Å²) in [6.45, 7) is 0.966. The quantitative estimate of drug-likeness (QED) is 0.349. The lowest BCUT2D eigenvalue weighted by Gasteiger charge is -2.26.